The lowest BCUT2D eigenvalue weighted by atomic mass is 9.99. The summed E-state index contributed by atoms with van der Waals surface area (Å²) in [4.78, 5) is 0. The van der Waals surface area contributed by atoms with Crippen LogP contribution in [0.3, 0.4) is 0 Å². The zero-order valence-corrected chi connectivity index (χ0v) is 11.3. The van der Waals surface area contributed by atoms with Crippen LogP contribution in [0.1, 0.15) is 16.7 Å². The molecule has 0 aliphatic carbocycles. The van der Waals surface area contributed by atoms with Gasteiger partial charge in [-0.1, -0.05) is 22.0 Å². The van der Waals surface area contributed by atoms with Crippen molar-refractivity contribution in [3.63, 3.8) is 0 Å². The highest BCUT2D eigenvalue weighted by Gasteiger charge is 2.15. The first-order valence-corrected chi connectivity index (χ1v) is 6.23. The van der Waals surface area contributed by atoms with Crippen molar-refractivity contribution in [2.24, 2.45) is 0 Å². The Kier molecular flexibility index (Phi) is 3.82. The maximum atomic E-state index is 14.0. The predicted molar refractivity (Wildman–Crippen MR) is 72.4 cm³/mol. The summed E-state index contributed by atoms with van der Waals surface area (Å²) in [7, 11) is 0. The molecule has 5 heteroatoms. The number of benzene rings is 2. The van der Waals surface area contributed by atoms with Gasteiger partial charge in [0.1, 0.15) is 5.82 Å². The minimum Gasteiger partial charge on any atom is -0.396 e. The zero-order chi connectivity index (χ0) is 14.0. The molecule has 2 aromatic carbocycles. The second-order valence-corrected chi connectivity index (χ2v) is 4.84. The molecule has 19 heavy (non-hydrogen) atoms. The van der Waals surface area contributed by atoms with Crippen LogP contribution >= 0.6 is 15.9 Å². The number of nitrogens with zero attached hydrogens (tertiary/aromatic N) is 1. The van der Waals surface area contributed by atoms with Gasteiger partial charge in [-0.15, -0.1) is 0 Å². The highest BCUT2D eigenvalue weighted by molar-refractivity contribution is 9.10. The van der Waals surface area contributed by atoms with Crippen LogP contribution in [0, 0.1) is 23.0 Å². The van der Waals surface area contributed by atoms with Crippen molar-refractivity contribution in [2.45, 2.75) is 6.42 Å². The normalized spacial score (nSPS) is 10.2. The molecule has 0 aromatic heterocycles. The largest absolute Gasteiger partial charge is 0.396 e. The Balaban J connectivity index is 2.54. The fourth-order valence-electron chi connectivity index (χ4n) is 1.80. The molecular formula is C14H9BrF2N2. The highest BCUT2D eigenvalue weighted by Crippen LogP contribution is 2.28. The Bertz CT molecular complexity index is 678. The molecule has 0 radical (unpaired) electrons. The molecule has 0 spiro atoms. The fraction of sp³-hybridized carbons (Fsp3) is 0.0714. The number of hydrogen-bond donors (Lipinski definition) is 1. The van der Waals surface area contributed by atoms with Gasteiger partial charge in [-0.3, -0.25) is 0 Å². The molecule has 2 N–H and O–H groups in total. The van der Waals surface area contributed by atoms with E-state index in [0.29, 0.717) is 4.47 Å². The summed E-state index contributed by atoms with van der Waals surface area (Å²) < 4.78 is 28.2. The van der Waals surface area contributed by atoms with Crippen LogP contribution in [0.25, 0.3) is 0 Å². The van der Waals surface area contributed by atoms with Gasteiger partial charge in [-0.25, -0.2) is 8.78 Å². The monoisotopic (exact) mass is 322 g/mol. The van der Waals surface area contributed by atoms with Gasteiger partial charge in [0.2, 0.25) is 0 Å². The average molecular weight is 323 g/mol. The first-order chi connectivity index (χ1) is 9.04. The van der Waals surface area contributed by atoms with Gasteiger partial charge in [0.15, 0.2) is 5.82 Å². The van der Waals surface area contributed by atoms with Crippen molar-refractivity contribution < 1.29 is 8.78 Å². The summed E-state index contributed by atoms with van der Waals surface area (Å²) in [5.41, 5.74) is 6.08. The topological polar surface area (TPSA) is 49.8 Å². The van der Waals surface area contributed by atoms with Crippen molar-refractivity contribution in [1.29, 1.82) is 5.26 Å². The molecule has 0 heterocycles. The van der Waals surface area contributed by atoms with Gasteiger partial charge in [0.05, 0.1) is 17.3 Å². The molecule has 2 nitrogen and oxygen atoms in total. The number of nitrogens with two attached hydrogens (primary N) is 1. The maximum Gasteiger partial charge on any atom is 0.150 e. The molecule has 0 atom stereocenters. The third kappa shape index (κ3) is 2.59. The Morgan fingerprint density at radius 2 is 1.89 bits per heavy atom. The smallest absolute Gasteiger partial charge is 0.150 e. The van der Waals surface area contributed by atoms with E-state index in [2.05, 4.69) is 15.9 Å². The molecule has 0 aliphatic rings. The van der Waals surface area contributed by atoms with E-state index >= 15 is 0 Å². The third-order valence-electron chi connectivity index (χ3n) is 2.81. The molecular weight excluding hydrogens is 314 g/mol. The standard InChI is InChI=1S/C14H9BrF2N2/c15-11-4-5-13(19)14(17)10(11)6-9-8(7-18)2-1-3-12(9)16/h1-5H,6,19H2. The quantitative estimate of drug-likeness (QED) is 0.855. The fourth-order valence-corrected chi connectivity index (χ4v) is 2.24. The number of hydrogen-bond acceptors (Lipinski definition) is 2. The number of halogens is 3. The molecule has 0 saturated carbocycles. The molecule has 2 rings (SSSR count). The number of nitrogen functional groups attached to an aromatic ring is 1. The SMILES string of the molecule is N#Cc1cccc(F)c1Cc1c(Br)ccc(N)c1F. The van der Waals surface area contributed by atoms with E-state index in [9.17, 15) is 8.78 Å². The summed E-state index contributed by atoms with van der Waals surface area (Å²) in [6, 6.07) is 9.11. The molecule has 96 valence electrons. The van der Waals surface area contributed by atoms with Crippen molar-refractivity contribution in [3.05, 3.63) is 63.1 Å². The van der Waals surface area contributed by atoms with Gasteiger partial charge in [0, 0.05) is 22.0 Å². The summed E-state index contributed by atoms with van der Waals surface area (Å²) >= 11 is 3.21. The van der Waals surface area contributed by atoms with E-state index in [1.165, 1.54) is 24.3 Å². The summed E-state index contributed by atoms with van der Waals surface area (Å²) in [5, 5.41) is 8.97. The number of rotatable bonds is 2. The summed E-state index contributed by atoms with van der Waals surface area (Å²) in [6.07, 6.45) is -0.0347. The zero-order valence-electron chi connectivity index (χ0n) is 9.75. The lowest BCUT2D eigenvalue weighted by molar-refractivity contribution is 0.600. The van der Waals surface area contributed by atoms with Gasteiger partial charge in [-0.05, 0) is 24.3 Å². The molecule has 0 saturated heterocycles. The first kappa shape index (κ1) is 13.5. The van der Waals surface area contributed by atoms with Crippen LogP contribution in [0.5, 0.6) is 0 Å². The third-order valence-corrected chi connectivity index (χ3v) is 3.55. The molecule has 0 fully saturated rings. The lowest BCUT2D eigenvalue weighted by Gasteiger charge is -2.10. The van der Waals surface area contributed by atoms with E-state index < -0.39 is 11.6 Å². The number of anilines is 1. The number of nitriles is 1. The summed E-state index contributed by atoms with van der Waals surface area (Å²) in [6.45, 7) is 0. The van der Waals surface area contributed by atoms with E-state index in [1.807, 2.05) is 6.07 Å². The van der Waals surface area contributed by atoms with Gasteiger partial charge < -0.3 is 5.73 Å². The minimum absolute atomic E-state index is 0.00644. The molecule has 2 aromatic rings. The second-order valence-electron chi connectivity index (χ2n) is 3.98. The van der Waals surface area contributed by atoms with Crippen molar-refractivity contribution in [2.75, 3.05) is 5.73 Å². The second kappa shape index (κ2) is 5.37. The van der Waals surface area contributed by atoms with Crippen molar-refractivity contribution >= 4 is 21.6 Å². The Morgan fingerprint density at radius 1 is 1.16 bits per heavy atom. The maximum absolute atomic E-state index is 14.0. The van der Waals surface area contributed by atoms with E-state index in [-0.39, 0.29) is 28.8 Å². The van der Waals surface area contributed by atoms with E-state index in [0.717, 1.165) is 0 Å². The minimum atomic E-state index is -0.596. The Hall–Kier alpha value is -1.93. The molecule has 0 amide bonds. The Labute approximate surface area is 117 Å². The molecule has 0 aliphatic heterocycles. The van der Waals surface area contributed by atoms with Crippen LogP contribution in [0.15, 0.2) is 34.8 Å². The van der Waals surface area contributed by atoms with Crippen molar-refractivity contribution in [1.82, 2.24) is 0 Å². The van der Waals surface area contributed by atoms with Crippen LogP contribution < -0.4 is 5.73 Å². The predicted octanol–water partition coefficient (Wildman–Crippen LogP) is 3.77. The first-order valence-electron chi connectivity index (χ1n) is 5.44. The van der Waals surface area contributed by atoms with Crippen LogP contribution in [0.4, 0.5) is 14.5 Å². The van der Waals surface area contributed by atoms with Gasteiger partial charge in [-0.2, -0.15) is 5.26 Å². The molecule has 0 bridgehead atoms. The summed E-state index contributed by atoms with van der Waals surface area (Å²) in [5.74, 6) is -1.13. The van der Waals surface area contributed by atoms with Crippen molar-refractivity contribution in [3.8, 4) is 6.07 Å². The lowest BCUT2D eigenvalue weighted by Crippen LogP contribution is -2.02. The highest BCUT2D eigenvalue weighted by atomic mass is 79.9. The van der Waals surface area contributed by atoms with Gasteiger partial charge >= 0.3 is 0 Å². The average Bonchev–Trinajstić information content (AvgIpc) is 2.40. The van der Waals surface area contributed by atoms with E-state index in [1.54, 1.807) is 6.07 Å². The van der Waals surface area contributed by atoms with Gasteiger partial charge in [0.25, 0.3) is 0 Å². The molecule has 0 unspecified atom stereocenters. The van der Waals surface area contributed by atoms with E-state index in [4.69, 9.17) is 11.0 Å². The van der Waals surface area contributed by atoms with Crippen LogP contribution in [0.2, 0.25) is 0 Å². The Morgan fingerprint density at radius 3 is 2.58 bits per heavy atom. The van der Waals surface area contributed by atoms with Crippen LogP contribution in [-0.2, 0) is 6.42 Å². The van der Waals surface area contributed by atoms with Crippen LogP contribution in [-0.4, -0.2) is 0 Å².